The van der Waals surface area contributed by atoms with E-state index in [2.05, 4.69) is 10.2 Å². The molecule has 1 aliphatic heterocycles. The number of piperazine rings is 1. The summed E-state index contributed by atoms with van der Waals surface area (Å²) in [6.07, 6.45) is -4.51. The second-order valence-electron chi connectivity index (χ2n) is 4.34. The topological polar surface area (TPSA) is 72.4 Å². The quantitative estimate of drug-likeness (QED) is 0.546. The van der Waals surface area contributed by atoms with Crippen molar-refractivity contribution in [3.05, 3.63) is 5.01 Å². The summed E-state index contributed by atoms with van der Waals surface area (Å²) >= 11 is 0.522. The number of aliphatic carboxylic acids is 1. The first-order valence-corrected chi connectivity index (χ1v) is 6.76. The van der Waals surface area contributed by atoms with Gasteiger partial charge in [0.2, 0.25) is 10.1 Å². The third-order valence-electron chi connectivity index (χ3n) is 2.93. The van der Waals surface area contributed by atoms with Gasteiger partial charge >= 0.3 is 25.0 Å². The molecule has 1 aliphatic rings. The van der Waals surface area contributed by atoms with Crippen molar-refractivity contribution in [2.24, 2.45) is 0 Å². The van der Waals surface area contributed by atoms with Crippen LogP contribution in [0.2, 0.25) is 0 Å². The van der Waals surface area contributed by atoms with E-state index in [0.717, 1.165) is 0 Å². The number of hydrogen-bond donors (Lipinski definition) is 0. The van der Waals surface area contributed by atoms with Crippen LogP contribution in [0.5, 0.6) is 0 Å². The minimum Gasteiger partial charge on any atom is -0.550 e. The van der Waals surface area contributed by atoms with E-state index in [9.17, 15) is 23.1 Å². The number of anilines is 1. The molecule has 0 radical (unpaired) electrons. The number of nitrogens with zero attached hydrogens (tertiary/aromatic N) is 4. The first-order chi connectivity index (χ1) is 9.36. The Kier molecular flexibility index (Phi) is 6.46. The number of carbonyl (C=O) groups excluding carboxylic acids is 1. The third kappa shape index (κ3) is 5.14. The molecule has 11 heteroatoms. The van der Waals surface area contributed by atoms with Gasteiger partial charge in [-0.1, -0.05) is 11.3 Å². The van der Waals surface area contributed by atoms with Crippen LogP contribution in [0.15, 0.2) is 0 Å². The fourth-order valence-corrected chi connectivity index (χ4v) is 2.63. The van der Waals surface area contributed by atoms with Crippen LogP contribution in [-0.2, 0) is 11.0 Å². The number of rotatable bonds is 4. The van der Waals surface area contributed by atoms with Crippen LogP contribution in [0.4, 0.5) is 18.3 Å². The Morgan fingerprint density at radius 2 is 1.86 bits per heavy atom. The smallest absolute Gasteiger partial charge is 0.550 e. The van der Waals surface area contributed by atoms with E-state index in [1.807, 2.05) is 4.90 Å². The van der Waals surface area contributed by atoms with Crippen LogP contribution in [0.3, 0.4) is 0 Å². The Balaban J connectivity index is 0.00000220. The van der Waals surface area contributed by atoms with Gasteiger partial charge in [-0.25, -0.2) is 0 Å². The van der Waals surface area contributed by atoms with Gasteiger partial charge in [0.05, 0.1) is 0 Å². The molecule has 0 unspecified atom stereocenters. The summed E-state index contributed by atoms with van der Waals surface area (Å²) in [5.41, 5.74) is 0. The first kappa shape index (κ1) is 18.2. The predicted molar refractivity (Wildman–Crippen MR) is 63.2 cm³/mol. The van der Waals surface area contributed by atoms with Gasteiger partial charge in [0, 0.05) is 38.7 Å². The van der Waals surface area contributed by atoms with E-state index in [1.54, 1.807) is 4.90 Å². The van der Waals surface area contributed by atoms with Crippen LogP contribution < -0.4 is 28.9 Å². The number of carboxylic acids is 1. The molecule has 1 aromatic rings. The van der Waals surface area contributed by atoms with Crippen molar-refractivity contribution in [2.75, 3.05) is 37.6 Å². The van der Waals surface area contributed by atoms with E-state index < -0.39 is 17.2 Å². The Hall–Kier alpha value is -0.823. The van der Waals surface area contributed by atoms with Crippen LogP contribution in [0.1, 0.15) is 11.4 Å². The largest absolute Gasteiger partial charge is 1.00 e. The Morgan fingerprint density at radius 3 is 2.33 bits per heavy atom. The normalized spacial score (nSPS) is 16.6. The molecule has 2 heterocycles. The predicted octanol–water partition coefficient (Wildman–Crippen LogP) is -3.18. The van der Waals surface area contributed by atoms with E-state index >= 15 is 0 Å². The van der Waals surface area contributed by atoms with Crippen molar-refractivity contribution in [3.8, 4) is 0 Å². The molecule has 1 aromatic heterocycles. The number of hydrogen-bond acceptors (Lipinski definition) is 7. The number of alkyl halides is 3. The van der Waals surface area contributed by atoms with E-state index in [1.165, 1.54) is 0 Å². The SMILES string of the molecule is O=C([O-])CCN1CCN(c2nnc(C(F)(F)F)s2)CC1.[Li+]. The molecule has 112 valence electrons. The van der Waals surface area contributed by atoms with E-state index in [4.69, 9.17) is 0 Å². The molecule has 0 aromatic carbocycles. The molecule has 1 saturated heterocycles. The molecule has 0 bridgehead atoms. The Bertz CT molecular complexity index is 477. The number of carboxylic acid groups (broad SMARTS) is 1. The van der Waals surface area contributed by atoms with Crippen molar-refractivity contribution in [2.45, 2.75) is 12.6 Å². The summed E-state index contributed by atoms with van der Waals surface area (Å²) < 4.78 is 37.3. The maximum Gasteiger partial charge on any atom is 1.00 e. The fourth-order valence-electron chi connectivity index (χ4n) is 1.87. The van der Waals surface area contributed by atoms with Gasteiger partial charge < -0.3 is 14.8 Å². The molecular formula is C10H12F3LiN4O2S. The van der Waals surface area contributed by atoms with E-state index in [0.29, 0.717) is 44.1 Å². The third-order valence-corrected chi connectivity index (χ3v) is 3.96. The molecule has 1 fully saturated rings. The maximum absolute atomic E-state index is 12.4. The van der Waals surface area contributed by atoms with Crippen LogP contribution in [-0.4, -0.2) is 53.8 Å². The van der Waals surface area contributed by atoms with Gasteiger partial charge in [-0.3, -0.25) is 4.90 Å². The minimum atomic E-state index is -4.47. The second kappa shape index (κ2) is 7.44. The molecule has 0 aliphatic carbocycles. The summed E-state index contributed by atoms with van der Waals surface area (Å²) in [4.78, 5) is 14.0. The number of carbonyl (C=O) groups is 1. The van der Waals surface area contributed by atoms with Crippen LogP contribution in [0.25, 0.3) is 0 Å². The molecule has 0 saturated carbocycles. The monoisotopic (exact) mass is 316 g/mol. The summed E-state index contributed by atoms with van der Waals surface area (Å²) in [5, 5.41) is 16.3. The van der Waals surface area contributed by atoms with Gasteiger partial charge in [-0.2, -0.15) is 13.2 Å². The molecule has 0 spiro atoms. The fraction of sp³-hybridized carbons (Fsp3) is 0.700. The summed E-state index contributed by atoms with van der Waals surface area (Å²) in [6.45, 7) is 2.54. The average Bonchev–Trinajstić information content (AvgIpc) is 2.86. The van der Waals surface area contributed by atoms with Crippen molar-refractivity contribution < 1.29 is 41.9 Å². The van der Waals surface area contributed by atoms with Gasteiger partial charge in [0.15, 0.2) is 0 Å². The number of halogens is 3. The van der Waals surface area contributed by atoms with Crippen LogP contribution in [0, 0.1) is 0 Å². The summed E-state index contributed by atoms with van der Waals surface area (Å²) in [5.74, 6) is -1.11. The zero-order valence-corrected chi connectivity index (χ0v) is 12.2. The van der Waals surface area contributed by atoms with Crippen molar-refractivity contribution in [3.63, 3.8) is 0 Å². The van der Waals surface area contributed by atoms with Crippen molar-refractivity contribution in [1.82, 2.24) is 15.1 Å². The molecule has 0 atom stereocenters. The van der Waals surface area contributed by atoms with Gasteiger partial charge in [-0.15, -0.1) is 10.2 Å². The molecule has 0 N–H and O–H groups in total. The molecule has 6 nitrogen and oxygen atoms in total. The van der Waals surface area contributed by atoms with Crippen molar-refractivity contribution >= 4 is 22.4 Å². The standard InChI is InChI=1S/C10H13F3N4O2S.Li/c11-10(12,13)8-14-15-9(20-8)17-5-3-16(4-6-17)2-1-7(18)19;/h1-6H2,(H,18,19);/q;+1/p-1. The molecule has 0 amide bonds. The van der Waals surface area contributed by atoms with Gasteiger partial charge in [0.25, 0.3) is 0 Å². The van der Waals surface area contributed by atoms with Crippen LogP contribution >= 0.6 is 11.3 Å². The molecular weight excluding hydrogens is 304 g/mol. The Labute approximate surface area is 135 Å². The summed E-state index contributed by atoms with van der Waals surface area (Å²) in [7, 11) is 0. The number of aromatic nitrogens is 2. The zero-order valence-electron chi connectivity index (χ0n) is 11.4. The van der Waals surface area contributed by atoms with Gasteiger partial charge in [-0.05, 0) is 6.42 Å². The van der Waals surface area contributed by atoms with E-state index in [-0.39, 0.29) is 30.4 Å². The Morgan fingerprint density at radius 1 is 1.24 bits per heavy atom. The zero-order chi connectivity index (χ0) is 14.8. The molecule has 21 heavy (non-hydrogen) atoms. The minimum absolute atomic E-state index is 0. The summed E-state index contributed by atoms with van der Waals surface area (Å²) in [6, 6.07) is 0. The van der Waals surface area contributed by atoms with Gasteiger partial charge in [0.1, 0.15) is 0 Å². The van der Waals surface area contributed by atoms with Crippen molar-refractivity contribution in [1.29, 1.82) is 0 Å². The second-order valence-corrected chi connectivity index (χ2v) is 5.29. The average molecular weight is 316 g/mol. The first-order valence-electron chi connectivity index (χ1n) is 5.94. The molecule has 2 rings (SSSR count). The maximum atomic E-state index is 12.4.